The highest BCUT2D eigenvalue weighted by Crippen LogP contribution is 2.22. The lowest BCUT2D eigenvalue weighted by Crippen LogP contribution is -2.32. The highest BCUT2D eigenvalue weighted by molar-refractivity contribution is 7.10. The molecule has 3 heterocycles. The van der Waals surface area contributed by atoms with E-state index < -0.39 is 0 Å². The molecule has 1 atom stereocenters. The van der Waals surface area contributed by atoms with Gasteiger partial charge in [0.05, 0.1) is 6.54 Å². The summed E-state index contributed by atoms with van der Waals surface area (Å²) < 4.78 is 5.12. The average Bonchev–Trinajstić information content (AvgIpc) is 3.22. The van der Waals surface area contributed by atoms with Gasteiger partial charge >= 0.3 is 0 Å². The predicted octanol–water partition coefficient (Wildman–Crippen LogP) is 1.45. The predicted molar refractivity (Wildman–Crippen MR) is 84.5 cm³/mol. The Hall–Kier alpha value is -2.48. The van der Waals surface area contributed by atoms with Crippen LogP contribution in [0.25, 0.3) is 6.08 Å². The molecule has 1 fully saturated rings. The van der Waals surface area contributed by atoms with Crippen LogP contribution in [0.2, 0.25) is 0 Å². The van der Waals surface area contributed by atoms with Crippen molar-refractivity contribution in [2.75, 3.05) is 6.54 Å². The standard InChI is InChI=1S/C15H16N4O3S/c20-12(4-3-11-2-1-7-23-11)17-9-14-18-15(19-22-14)10-5-6-16-13(21)8-10/h1-4,7,10H,5-6,8-9H2,(H,16,21)(H,17,20)/b4-3+. The molecule has 2 aromatic heterocycles. The summed E-state index contributed by atoms with van der Waals surface area (Å²) in [6.07, 6.45) is 4.38. The summed E-state index contributed by atoms with van der Waals surface area (Å²) in [5.41, 5.74) is 0. The van der Waals surface area contributed by atoms with Crippen molar-refractivity contribution in [1.29, 1.82) is 0 Å². The summed E-state index contributed by atoms with van der Waals surface area (Å²) in [5.74, 6) is 0.618. The van der Waals surface area contributed by atoms with E-state index in [9.17, 15) is 9.59 Å². The molecule has 23 heavy (non-hydrogen) atoms. The van der Waals surface area contributed by atoms with Crippen LogP contribution in [0.15, 0.2) is 28.1 Å². The second-order valence-electron chi connectivity index (χ2n) is 5.15. The molecule has 1 saturated heterocycles. The maximum absolute atomic E-state index is 11.7. The zero-order valence-corrected chi connectivity index (χ0v) is 13.1. The average molecular weight is 332 g/mol. The summed E-state index contributed by atoms with van der Waals surface area (Å²) in [4.78, 5) is 28.4. The Morgan fingerprint density at radius 3 is 3.26 bits per heavy atom. The summed E-state index contributed by atoms with van der Waals surface area (Å²) in [6.45, 7) is 0.789. The van der Waals surface area contributed by atoms with Crippen molar-refractivity contribution in [2.45, 2.75) is 25.3 Å². The Morgan fingerprint density at radius 1 is 1.57 bits per heavy atom. The van der Waals surface area contributed by atoms with Gasteiger partial charge in [-0.2, -0.15) is 4.98 Å². The molecule has 0 radical (unpaired) electrons. The Kier molecular flexibility index (Phi) is 4.82. The van der Waals surface area contributed by atoms with Crippen molar-refractivity contribution in [3.8, 4) is 0 Å². The molecule has 1 aliphatic rings. The van der Waals surface area contributed by atoms with Gasteiger partial charge in [0.25, 0.3) is 0 Å². The van der Waals surface area contributed by atoms with E-state index in [-0.39, 0.29) is 24.3 Å². The summed E-state index contributed by atoms with van der Waals surface area (Å²) in [5, 5.41) is 11.3. The molecule has 1 unspecified atom stereocenters. The second kappa shape index (κ2) is 7.19. The molecule has 2 N–H and O–H groups in total. The number of hydrogen-bond acceptors (Lipinski definition) is 6. The maximum Gasteiger partial charge on any atom is 0.246 e. The van der Waals surface area contributed by atoms with E-state index in [1.807, 2.05) is 17.5 Å². The van der Waals surface area contributed by atoms with Crippen molar-refractivity contribution >= 4 is 29.2 Å². The number of nitrogens with one attached hydrogen (secondary N) is 2. The SMILES string of the molecule is O=C(/C=C/c1cccs1)NCc1nc(C2CCNC(=O)C2)no1. The Morgan fingerprint density at radius 2 is 2.48 bits per heavy atom. The quantitative estimate of drug-likeness (QED) is 0.808. The monoisotopic (exact) mass is 332 g/mol. The lowest BCUT2D eigenvalue weighted by atomic mass is 9.97. The first-order valence-corrected chi connectivity index (χ1v) is 8.17. The van der Waals surface area contributed by atoms with Crippen LogP contribution in [0.4, 0.5) is 0 Å². The minimum Gasteiger partial charge on any atom is -0.356 e. The first-order chi connectivity index (χ1) is 11.2. The van der Waals surface area contributed by atoms with Gasteiger partial charge in [0.2, 0.25) is 17.7 Å². The third-order valence-corrected chi connectivity index (χ3v) is 4.29. The lowest BCUT2D eigenvalue weighted by Gasteiger charge is -2.18. The molecular formula is C15H16N4O3S. The van der Waals surface area contributed by atoms with Gasteiger partial charge in [0.15, 0.2) is 5.82 Å². The molecule has 0 saturated carbocycles. The van der Waals surface area contributed by atoms with Crippen LogP contribution in [-0.4, -0.2) is 28.5 Å². The van der Waals surface area contributed by atoms with Gasteiger partial charge in [-0.25, -0.2) is 0 Å². The molecule has 0 aliphatic carbocycles. The van der Waals surface area contributed by atoms with Crippen LogP contribution in [-0.2, 0) is 16.1 Å². The fraction of sp³-hybridized carbons (Fsp3) is 0.333. The van der Waals surface area contributed by atoms with E-state index in [2.05, 4.69) is 20.8 Å². The molecule has 8 heteroatoms. The van der Waals surface area contributed by atoms with E-state index in [0.717, 1.165) is 11.3 Å². The Bertz CT molecular complexity index is 708. The molecule has 2 aromatic rings. The molecule has 0 aromatic carbocycles. The van der Waals surface area contributed by atoms with Crippen LogP contribution >= 0.6 is 11.3 Å². The number of nitrogens with zero attached hydrogens (tertiary/aromatic N) is 2. The fourth-order valence-electron chi connectivity index (χ4n) is 2.28. The van der Waals surface area contributed by atoms with E-state index in [1.165, 1.54) is 6.08 Å². The van der Waals surface area contributed by atoms with Crippen LogP contribution in [0.3, 0.4) is 0 Å². The number of rotatable bonds is 5. The number of amides is 2. The number of aromatic nitrogens is 2. The van der Waals surface area contributed by atoms with Crippen LogP contribution in [0.1, 0.15) is 35.4 Å². The molecule has 7 nitrogen and oxygen atoms in total. The molecule has 0 spiro atoms. The van der Waals surface area contributed by atoms with Crippen LogP contribution < -0.4 is 10.6 Å². The van der Waals surface area contributed by atoms with E-state index >= 15 is 0 Å². The first kappa shape index (κ1) is 15.4. The van der Waals surface area contributed by atoms with E-state index in [1.54, 1.807) is 17.4 Å². The lowest BCUT2D eigenvalue weighted by molar-refractivity contribution is -0.122. The Balaban J connectivity index is 1.51. The molecule has 2 amide bonds. The van der Waals surface area contributed by atoms with Crippen molar-refractivity contribution in [1.82, 2.24) is 20.8 Å². The maximum atomic E-state index is 11.7. The van der Waals surface area contributed by atoms with Crippen molar-refractivity contribution in [2.24, 2.45) is 0 Å². The van der Waals surface area contributed by atoms with E-state index in [4.69, 9.17) is 4.52 Å². The molecule has 120 valence electrons. The molecule has 1 aliphatic heterocycles. The number of carbonyl (C=O) groups excluding carboxylic acids is 2. The normalized spacial score (nSPS) is 18.1. The molecule has 0 bridgehead atoms. The van der Waals surface area contributed by atoms with E-state index in [0.29, 0.717) is 24.7 Å². The third-order valence-electron chi connectivity index (χ3n) is 3.45. The van der Waals surface area contributed by atoms with Gasteiger partial charge in [-0.1, -0.05) is 11.2 Å². The number of piperidine rings is 1. The van der Waals surface area contributed by atoms with Crippen LogP contribution in [0.5, 0.6) is 0 Å². The summed E-state index contributed by atoms with van der Waals surface area (Å²) >= 11 is 1.56. The zero-order valence-electron chi connectivity index (χ0n) is 12.3. The smallest absolute Gasteiger partial charge is 0.246 e. The fourth-order valence-corrected chi connectivity index (χ4v) is 2.89. The topological polar surface area (TPSA) is 97.1 Å². The van der Waals surface area contributed by atoms with Gasteiger partial charge in [-0.05, 0) is 23.9 Å². The van der Waals surface area contributed by atoms with Crippen molar-refractivity contribution in [3.63, 3.8) is 0 Å². The Labute approximate surface area is 136 Å². The van der Waals surface area contributed by atoms with Gasteiger partial charge in [0.1, 0.15) is 0 Å². The van der Waals surface area contributed by atoms with Gasteiger partial charge in [-0.15, -0.1) is 11.3 Å². The molecular weight excluding hydrogens is 316 g/mol. The summed E-state index contributed by atoms with van der Waals surface area (Å²) in [7, 11) is 0. The minimum atomic E-state index is -0.227. The molecule has 3 rings (SSSR count). The third kappa shape index (κ3) is 4.26. The van der Waals surface area contributed by atoms with Gasteiger partial charge in [0, 0.05) is 29.8 Å². The highest BCUT2D eigenvalue weighted by Gasteiger charge is 2.24. The summed E-state index contributed by atoms with van der Waals surface area (Å²) in [6, 6.07) is 3.85. The first-order valence-electron chi connectivity index (χ1n) is 7.29. The number of hydrogen-bond donors (Lipinski definition) is 2. The zero-order chi connectivity index (χ0) is 16.1. The highest BCUT2D eigenvalue weighted by atomic mass is 32.1. The van der Waals surface area contributed by atoms with Gasteiger partial charge < -0.3 is 15.2 Å². The number of thiophene rings is 1. The minimum absolute atomic E-state index is 0.000355. The van der Waals surface area contributed by atoms with Crippen molar-refractivity contribution < 1.29 is 14.1 Å². The number of carbonyl (C=O) groups is 2. The second-order valence-corrected chi connectivity index (χ2v) is 6.13. The van der Waals surface area contributed by atoms with Crippen LogP contribution in [0, 0.1) is 0 Å². The van der Waals surface area contributed by atoms with Gasteiger partial charge in [-0.3, -0.25) is 9.59 Å². The largest absolute Gasteiger partial charge is 0.356 e. The van der Waals surface area contributed by atoms with Crippen molar-refractivity contribution in [3.05, 3.63) is 40.2 Å².